The molecule has 12 heteroatoms. The zero-order valence-electron chi connectivity index (χ0n) is 16.6. The minimum absolute atomic E-state index is 0.0161. The second-order valence-corrected chi connectivity index (χ2v) is 10.7. The van der Waals surface area contributed by atoms with Gasteiger partial charge in [-0.1, -0.05) is 104 Å². The van der Waals surface area contributed by atoms with Crippen LogP contribution in [0, 0.1) is 11.6 Å². The molecule has 0 amide bonds. The molecule has 0 bridgehead atoms. The molecule has 0 saturated heterocycles. The van der Waals surface area contributed by atoms with Gasteiger partial charge in [-0.15, -0.1) is 0 Å². The summed E-state index contributed by atoms with van der Waals surface area (Å²) >= 11 is 55.8. The molecule has 3 aromatic carbocycles. The maximum Gasteiger partial charge on any atom is 0.160 e. The van der Waals surface area contributed by atoms with Gasteiger partial charge in [0.25, 0.3) is 0 Å². The van der Waals surface area contributed by atoms with Gasteiger partial charge >= 0.3 is 0 Å². The Morgan fingerprint density at radius 3 is 1.14 bits per heavy atom. The summed E-state index contributed by atoms with van der Waals surface area (Å²) in [4.78, 5) is 4.20. The van der Waals surface area contributed by atoms with Crippen molar-refractivity contribution >= 4 is 104 Å². The Morgan fingerprint density at radius 1 is 0.457 bits per heavy atom. The summed E-state index contributed by atoms with van der Waals surface area (Å²) < 4.78 is 32.1. The number of nitrogens with zero attached hydrogens (tertiary/aromatic N) is 1. The molecule has 1 heterocycles. The van der Waals surface area contributed by atoms with Crippen LogP contribution in [0.25, 0.3) is 33.6 Å². The SMILES string of the molecule is Fc1c(-c2cc(Cl)cc(Cl)c2Cl)nc(-c2cc(Cl)cc(Cl)c2Cl)c(F)c1-c1cc(Cl)cc(Cl)c1Cl. The predicted molar refractivity (Wildman–Crippen MR) is 146 cm³/mol. The van der Waals surface area contributed by atoms with Crippen molar-refractivity contribution in [1.29, 1.82) is 0 Å². The maximum absolute atomic E-state index is 16.1. The number of aromatic nitrogens is 1. The van der Waals surface area contributed by atoms with Gasteiger partial charge < -0.3 is 0 Å². The summed E-state index contributed by atoms with van der Waals surface area (Å²) in [5, 5.41) is 0.0777. The lowest BCUT2D eigenvalue weighted by Gasteiger charge is -2.17. The Balaban J connectivity index is 2.21. The van der Waals surface area contributed by atoms with Gasteiger partial charge in [-0.25, -0.2) is 13.8 Å². The molecule has 4 aromatic rings. The van der Waals surface area contributed by atoms with Crippen LogP contribution >= 0.6 is 104 Å². The molecule has 1 nitrogen and oxygen atoms in total. The second-order valence-electron chi connectivity index (χ2n) is 7.06. The topological polar surface area (TPSA) is 12.9 Å². The van der Waals surface area contributed by atoms with Crippen molar-refractivity contribution < 1.29 is 8.78 Å². The van der Waals surface area contributed by atoms with E-state index in [4.69, 9.17) is 104 Å². The van der Waals surface area contributed by atoms with Crippen LogP contribution in [0.1, 0.15) is 0 Å². The molecule has 0 radical (unpaired) electrons. The maximum atomic E-state index is 16.1. The highest BCUT2D eigenvalue weighted by molar-refractivity contribution is 6.46. The summed E-state index contributed by atoms with van der Waals surface area (Å²) in [6.45, 7) is 0. The van der Waals surface area contributed by atoms with Gasteiger partial charge in [0.15, 0.2) is 11.6 Å². The van der Waals surface area contributed by atoms with E-state index in [1.54, 1.807) is 0 Å². The molecule has 0 fully saturated rings. The molecule has 0 aliphatic heterocycles. The van der Waals surface area contributed by atoms with E-state index in [1.165, 1.54) is 36.4 Å². The molecule has 0 unspecified atom stereocenters. The Hall–Kier alpha value is -0.720. The molecular formula is C23H6Cl9F2N. The van der Waals surface area contributed by atoms with Crippen LogP contribution in [0.3, 0.4) is 0 Å². The third-order valence-corrected chi connectivity index (χ3v) is 7.90. The summed E-state index contributed by atoms with van der Waals surface area (Å²) in [6.07, 6.45) is 0. The minimum atomic E-state index is -1.13. The fourth-order valence-electron chi connectivity index (χ4n) is 3.33. The average Bonchev–Trinajstić information content (AvgIpc) is 2.77. The predicted octanol–water partition coefficient (Wildman–Crippen LogP) is 12.2. The monoisotopic (exact) mass is 649 g/mol. The molecule has 0 aliphatic rings. The highest BCUT2D eigenvalue weighted by atomic mass is 35.5. The lowest BCUT2D eigenvalue weighted by molar-refractivity contribution is 0.585. The molecule has 0 atom stereocenters. The molecule has 35 heavy (non-hydrogen) atoms. The van der Waals surface area contributed by atoms with Crippen LogP contribution in [0.2, 0.25) is 45.2 Å². The Bertz CT molecular complexity index is 1440. The number of benzene rings is 3. The molecule has 1 aromatic heterocycles. The van der Waals surface area contributed by atoms with Gasteiger partial charge in [0.1, 0.15) is 11.4 Å². The lowest BCUT2D eigenvalue weighted by Crippen LogP contribution is -2.03. The molecule has 0 saturated carbocycles. The van der Waals surface area contributed by atoms with Gasteiger partial charge in [-0.2, -0.15) is 0 Å². The Kier molecular flexibility index (Phi) is 8.25. The van der Waals surface area contributed by atoms with Crippen molar-refractivity contribution in [3.8, 4) is 33.6 Å². The third-order valence-electron chi connectivity index (χ3n) is 4.84. The van der Waals surface area contributed by atoms with Crippen LogP contribution in [-0.4, -0.2) is 4.98 Å². The minimum Gasteiger partial charge on any atom is -0.241 e. The van der Waals surface area contributed by atoms with E-state index in [0.717, 1.165) is 0 Å². The summed E-state index contributed by atoms with van der Waals surface area (Å²) in [6, 6.07) is 7.95. The average molecular weight is 653 g/mol. The number of hydrogen-bond donors (Lipinski definition) is 0. The largest absolute Gasteiger partial charge is 0.241 e. The summed E-state index contributed by atoms with van der Waals surface area (Å²) in [7, 11) is 0. The van der Waals surface area contributed by atoms with Gasteiger partial charge in [0.2, 0.25) is 0 Å². The second kappa shape index (κ2) is 10.6. The van der Waals surface area contributed by atoms with E-state index in [2.05, 4.69) is 4.98 Å². The Morgan fingerprint density at radius 2 is 0.771 bits per heavy atom. The summed E-state index contributed by atoms with van der Waals surface area (Å²) in [5.41, 5.74) is -1.57. The van der Waals surface area contributed by atoms with E-state index in [9.17, 15) is 0 Å². The van der Waals surface area contributed by atoms with Crippen molar-refractivity contribution in [3.05, 3.63) is 93.2 Å². The van der Waals surface area contributed by atoms with Crippen molar-refractivity contribution in [2.45, 2.75) is 0 Å². The highest BCUT2D eigenvalue weighted by Crippen LogP contribution is 2.46. The standard InChI is InChI=1S/C23H6Cl9F2N/c24-7-1-10(17(30)13(27)4-7)16-20(33)22(11-2-8(25)5-14(28)18(11)31)35-23(21(16)34)12-3-9(26)6-15(29)19(12)32/h1-6H. The first-order valence-electron chi connectivity index (χ1n) is 9.24. The van der Waals surface area contributed by atoms with Crippen molar-refractivity contribution in [1.82, 2.24) is 4.98 Å². The molecule has 4 rings (SSSR count). The first kappa shape index (κ1) is 27.3. The van der Waals surface area contributed by atoms with E-state index in [0.29, 0.717) is 0 Å². The summed E-state index contributed by atoms with van der Waals surface area (Å²) in [5.74, 6) is -2.26. The van der Waals surface area contributed by atoms with Crippen LogP contribution in [0.4, 0.5) is 8.78 Å². The van der Waals surface area contributed by atoms with Gasteiger partial charge in [0, 0.05) is 31.8 Å². The zero-order chi connectivity index (χ0) is 25.8. The van der Waals surface area contributed by atoms with Gasteiger partial charge in [-0.05, 0) is 36.4 Å². The number of rotatable bonds is 3. The van der Waals surface area contributed by atoms with Gasteiger partial charge in [-0.3, -0.25) is 0 Å². The lowest BCUT2D eigenvalue weighted by atomic mass is 9.98. The third kappa shape index (κ3) is 5.18. The molecule has 0 spiro atoms. The van der Waals surface area contributed by atoms with E-state index in [-0.39, 0.29) is 61.9 Å². The number of pyridine rings is 1. The smallest absolute Gasteiger partial charge is 0.160 e. The fourth-order valence-corrected chi connectivity index (χ4v) is 5.41. The molecular weight excluding hydrogens is 647 g/mol. The van der Waals surface area contributed by atoms with Crippen LogP contribution < -0.4 is 0 Å². The van der Waals surface area contributed by atoms with Crippen molar-refractivity contribution in [3.63, 3.8) is 0 Å². The van der Waals surface area contributed by atoms with Gasteiger partial charge in [0.05, 0.1) is 35.7 Å². The zero-order valence-corrected chi connectivity index (χ0v) is 23.4. The first-order chi connectivity index (χ1) is 16.4. The molecule has 180 valence electrons. The quantitative estimate of drug-likeness (QED) is 0.201. The van der Waals surface area contributed by atoms with Crippen LogP contribution in [0.5, 0.6) is 0 Å². The van der Waals surface area contributed by atoms with Crippen molar-refractivity contribution in [2.24, 2.45) is 0 Å². The number of hydrogen-bond acceptors (Lipinski definition) is 1. The highest BCUT2D eigenvalue weighted by Gasteiger charge is 2.28. The van der Waals surface area contributed by atoms with E-state index in [1.807, 2.05) is 0 Å². The first-order valence-corrected chi connectivity index (χ1v) is 12.6. The normalized spacial score (nSPS) is 11.3. The van der Waals surface area contributed by atoms with E-state index < -0.39 is 28.6 Å². The fraction of sp³-hybridized carbons (Fsp3) is 0. The number of halogens is 11. The van der Waals surface area contributed by atoms with Crippen LogP contribution in [0.15, 0.2) is 36.4 Å². The van der Waals surface area contributed by atoms with Crippen LogP contribution in [-0.2, 0) is 0 Å². The van der Waals surface area contributed by atoms with E-state index >= 15 is 8.78 Å². The molecule has 0 aliphatic carbocycles. The van der Waals surface area contributed by atoms with Crippen molar-refractivity contribution in [2.75, 3.05) is 0 Å². The Labute approximate surface area is 243 Å². The molecule has 0 N–H and O–H groups in total.